The molecule has 7 heteroatoms. The van der Waals surface area contributed by atoms with E-state index in [1.807, 2.05) is 0 Å². The zero-order valence-corrected chi connectivity index (χ0v) is 16.5. The number of anilines is 1. The molecule has 152 valence electrons. The van der Waals surface area contributed by atoms with E-state index in [4.69, 9.17) is 6.42 Å². The van der Waals surface area contributed by atoms with Crippen LogP contribution in [0.25, 0.3) is 0 Å². The van der Waals surface area contributed by atoms with Gasteiger partial charge in [0, 0.05) is 31.3 Å². The number of hydrogen-bond acceptors (Lipinski definition) is 4. The Morgan fingerprint density at radius 2 is 1.86 bits per heavy atom. The molecule has 2 aliphatic rings. The third-order valence-electron chi connectivity index (χ3n) is 5.60. The Balaban J connectivity index is 1.49. The van der Waals surface area contributed by atoms with Crippen LogP contribution in [-0.4, -0.2) is 53.6 Å². The number of rotatable bonds is 6. The number of carbonyl (C=O) groups excluding carboxylic acids is 4. The van der Waals surface area contributed by atoms with Gasteiger partial charge in [0.25, 0.3) is 0 Å². The topological polar surface area (TPSA) is 86.8 Å². The quantitative estimate of drug-likeness (QED) is 0.586. The van der Waals surface area contributed by atoms with Crippen molar-refractivity contribution in [3.05, 3.63) is 29.8 Å². The van der Waals surface area contributed by atoms with Gasteiger partial charge < -0.3 is 10.2 Å². The zero-order valence-electron chi connectivity index (χ0n) is 16.5. The Bertz CT molecular complexity index is 849. The Morgan fingerprint density at radius 3 is 2.48 bits per heavy atom. The molecule has 0 aromatic heterocycles. The van der Waals surface area contributed by atoms with Gasteiger partial charge in [-0.15, -0.1) is 6.42 Å². The highest BCUT2D eigenvalue weighted by Gasteiger charge is 2.47. The van der Waals surface area contributed by atoms with Crippen LogP contribution in [0.1, 0.15) is 37.7 Å². The number of benzene rings is 1. The molecule has 1 aliphatic carbocycles. The number of nitrogens with one attached hydrogen (secondary N) is 1. The van der Waals surface area contributed by atoms with Gasteiger partial charge in [-0.1, -0.05) is 24.8 Å². The predicted molar refractivity (Wildman–Crippen MR) is 107 cm³/mol. The van der Waals surface area contributed by atoms with Crippen molar-refractivity contribution in [1.29, 1.82) is 0 Å². The fourth-order valence-electron chi connectivity index (χ4n) is 4.04. The largest absolute Gasteiger partial charge is 0.336 e. The van der Waals surface area contributed by atoms with Crippen LogP contribution in [0.2, 0.25) is 0 Å². The second kappa shape index (κ2) is 8.91. The van der Waals surface area contributed by atoms with E-state index in [2.05, 4.69) is 11.2 Å². The number of likely N-dealkylation sites (tertiary alicyclic amines) is 1. The average molecular weight is 395 g/mol. The van der Waals surface area contributed by atoms with Crippen LogP contribution >= 0.6 is 0 Å². The summed E-state index contributed by atoms with van der Waals surface area (Å²) >= 11 is 0. The molecule has 2 atom stereocenters. The first-order chi connectivity index (χ1) is 13.9. The molecule has 1 heterocycles. The van der Waals surface area contributed by atoms with E-state index in [1.165, 1.54) is 16.8 Å². The first-order valence-corrected chi connectivity index (χ1v) is 9.86. The van der Waals surface area contributed by atoms with Crippen LogP contribution in [0.3, 0.4) is 0 Å². The van der Waals surface area contributed by atoms with Gasteiger partial charge in [0.15, 0.2) is 0 Å². The highest BCUT2D eigenvalue weighted by atomic mass is 16.2. The number of likely N-dealkylation sites (N-methyl/N-ethyl adjacent to an activating group) is 1. The summed E-state index contributed by atoms with van der Waals surface area (Å²) in [4.78, 5) is 52.0. The lowest BCUT2D eigenvalue weighted by atomic mass is 9.81. The summed E-state index contributed by atoms with van der Waals surface area (Å²) in [6.07, 6.45) is 8.79. The molecule has 2 fully saturated rings. The van der Waals surface area contributed by atoms with E-state index >= 15 is 0 Å². The molecule has 1 saturated heterocycles. The molecule has 0 spiro atoms. The van der Waals surface area contributed by atoms with Crippen molar-refractivity contribution >= 4 is 29.3 Å². The van der Waals surface area contributed by atoms with Gasteiger partial charge in [0.2, 0.25) is 23.6 Å². The molecule has 1 saturated carbocycles. The lowest BCUT2D eigenvalue weighted by molar-refractivity contribution is -0.141. The standard InChI is InChI=1S/C22H25N3O4/c1-3-15-7-6-8-16(13-15)23-19(26)14-24(2)20(27)11-12-25-21(28)17-9-4-5-10-18(17)22(25)29/h1,6-8,13,17-18H,4-5,9-12,14H2,2H3,(H,23,26). The number of amides is 4. The van der Waals surface area contributed by atoms with E-state index in [0.29, 0.717) is 11.3 Å². The monoisotopic (exact) mass is 395 g/mol. The predicted octanol–water partition coefficient (Wildman–Crippen LogP) is 1.63. The van der Waals surface area contributed by atoms with E-state index in [0.717, 1.165) is 25.7 Å². The number of terminal acetylenes is 1. The third-order valence-corrected chi connectivity index (χ3v) is 5.60. The molecule has 0 radical (unpaired) electrons. The van der Waals surface area contributed by atoms with Crippen LogP contribution < -0.4 is 5.32 Å². The maximum atomic E-state index is 12.5. The van der Waals surface area contributed by atoms with Gasteiger partial charge in [-0.2, -0.15) is 0 Å². The lowest BCUT2D eigenvalue weighted by Gasteiger charge is -2.19. The maximum absolute atomic E-state index is 12.5. The molecule has 3 rings (SSSR count). The number of nitrogens with zero attached hydrogens (tertiary/aromatic N) is 2. The number of hydrogen-bond donors (Lipinski definition) is 1. The van der Waals surface area contributed by atoms with Gasteiger partial charge in [-0.3, -0.25) is 24.1 Å². The zero-order chi connectivity index (χ0) is 21.0. The van der Waals surface area contributed by atoms with Crippen LogP contribution in [0, 0.1) is 24.2 Å². The van der Waals surface area contributed by atoms with E-state index in [1.54, 1.807) is 24.3 Å². The highest BCUT2D eigenvalue weighted by Crippen LogP contribution is 2.37. The minimum atomic E-state index is -0.352. The fourth-order valence-corrected chi connectivity index (χ4v) is 4.04. The summed E-state index contributed by atoms with van der Waals surface area (Å²) in [6, 6.07) is 6.87. The minimum absolute atomic E-state index is 0.00722. The van der Waals surface area contributed by atoms with Crippen molar-refractivity contribution in [3.63, 3.8) is 0 Å². The van der Waals surface area contributed by atoms with Crippen LogP contribution in [-0.2, 0) is 19.2 Å². The second-order valence-electron chi connectivity index (χ2n) is 7.60. The normalized spacial score (nSPS) is 20.8. The molecule has 4 amide bonds. The van der Waals surface area contributed by atoms with Crippen molar-refractivity contribution in [3.8, 4) is 12.3 Å². The van der Waals surface area contributed by atoms with E-state index in [-0.39, 0.29) is 55.0 Å². The first-order valence-electron chi connectivity index (χ1n) is 9.86. The van der Waals surface area contributed by atoms with Crippen molar-refractivity contribution < 1.29 is 19.2 Å². The van der Waals surface area contributed by atoms with Crippen molar-refractivity contribution in [2.75, 3.05) is 25.5 Å². The van der Waals surface area contributed by atoms with Crippen molar-refractivity contribution in [2.24, 2.45) is 11.8 Å². The Morgan fingerprint density at radius 1 is 1.21 bits per heavy atom. The van der Waals surface area contributed by atoms with E-state index < -0.39 is 0 Å². The number of carbonyl (C=O) groups is 4. The molecule has 1 aromatic rings. The maximum Gasteiger partial charge on any atom is 0.243 e. The minimum Gasteiger partial charge on any atom is -0.336 e. The van der Waals surface area contributed by atoms with Crippen LogP contribution in [0.15, 0.2) is 24.3 Å². The summed E-state index contributed by atoms with van der Waals surface area (Å²) in [5.74, 6) is 1.11. The molecular formula is C22H25N3O4. The molecule has 7 nitrogen and oxygen atoms in total. The summed E-state index contributed by atoms with van der Waals surface area (Å²) in [5, 5.41) is 2.70. The fraction of sp³-hybridized carbons (Fsp3) is 0.455. The average Bonchev–Trinajstić information content (AvgIpc) is 2.96. The molecule has 2 unspecified atom stereocenters. The van der Waals surface area contributed by atoms with Gasteiger partial charge in [-0.05, 0) is 31.0 Å². The number of fused-ring (bicyclic) bond motifs is 1. The van der Waals surface area contributed by atoms with Crippen molar-refractivity contribution in [2.45, 2.75) is 32.1 Å². The Kier molecular flexibility index (Phi) is 6.32. The SMILES string of the molecule is C#Cc1cccc(NC(=O)CN(C)C(=O)CCN2C(=O)C3CCCCC3C2=O)c1. The molecule has 1 aromatic carbocycles. The van der Waals surface area contributed by atoms with Gasteiger partial charge in [-0.25, -0.2) is 0 Å². The summed E-state index contributed by atoms with van der Waals surface area (Å²) < 4.78 is 0. The summed E-state index contributed by atoms with van der Waals surface area (Å²) in [5.41, 5.74) is 1.20. The Labute approximate surface area is 170 Å². The molecule has 0 bridgehead atoms. The third kappa shape index (κ3) is 4.65. The first kappa shape index (κ1) is 20.6. The van der Waals surface area contributed by atoms with E-state index in [9.17, 15) is 19.2 Å². The smallest absolute Gasteiger partial charge is 0.243 e. The van der Waals surface area contributed by atoms with Crippen LogP contribution in [0.4, 0.5) is 5.69 Å². The molecule has 1 N–H and O–H groups in total. The number of imide groups is 1. The Hall–Kier alpha value is -3.14. The summed E-state index contributed by atoms with van der Waals surface area (Å²) in [7, 11) is 1.52. The second-order valence-corrected chi connectivity index (χ2v) is 7.60. The van der Waals surface area contributed by atoms with Gasteiger partial charge in [0.1, 0.15) is 0 Å². The summed E-state index contributed by atoms with van der Waals surface area (Å²) in [6.45, 7) is -0.0636. The van der Waals surface area contributed by atoms with Gasteiger partial charge >= 0.3 is 0 Å². The molecular weight excluding hydrogens is 370 g/mol. The van der Waals surface area contributed by atoms with Gasteiger partial charge in [0.05, 0.1) is 18.4 Å². The molecule has 29 heavy (non-hydrogen) atoms. The highest BCUT2D eigenvalue weighted by molar-refractivity contribution is 6.05. The molecule has 1 aliphatic heterocycles. The van der Waals surface area contributed by atoms with Crippen molar-refractivity contribution in [1.82, 2.24) is 9.80 Å². The lowest BCUT2D eigenvalue weighted by Crippen LogP contribution is -2.38. The van der Waals surface area contributed by atoms with Crippen LogP contribution in [0.5, 0.6) is 0 Å².